The maximum absolute atomic E-state index is 12.9. The average Bonchev–Trinajstić information content (AvgIpc) is 3.15. The molecule has 6 nitrogen and oxygen atoms in total. The number of ether oxygens (including phenoxy) is 1. The van der Waals surface area contributed by atoms with Gasteiger partial charge in [0.25, 0.3) is 5.91 Å². The van der Waals surface area contributed by atoms with Crippen molar-refractivity contribution in [3.63, 3.8) is 0 Å². The molecule has 0 fully saturated rings. The fraction of sp³-hybridized carbons (Fsp3) is 0.227. The Bertz CT molecular complexity index is 1060. The minimum Gasteiger partial charge on any atom is -0.479 e. The van der Waals surface area contributed by atoms with Gasteiger partial charge in [0.15, 0.2) is 6.10 Å². The molecule has 2 heterocycles. The third-order valence-electron chi connectivity index (χ3n) is 4.83. The summed E-state index contributed by atoms with van der Waals surface area (Å²) >= 11 is 1.56. The summed E-state index contributed by atoms with van der Waals surface area (Å²) in [5.41, 5.74) is 2.97. The van der Waals surface area contributed by atoms with Gasteiger partial charge in [0.05, 0.1) is 16.4 Å². The van der Waals surface area contributed by atoms with Crippen molar-refractivity contribution in [2.75, 3.05) is 10.2 Å². The van der Waals surface area contributed by atoms with Crippen molar-refractivity contribution >= 4 is 34.5 Å². The molecule has 4 rings (SSSR count). The van der Waals surface area contributed by atoms with Gasteiger partial charge in [0, 0.05) is 16.6 Å². The Morgan fingerprint density at radius 3 is 2.69 bits per heavy atom. The van der Waals surface area contributed by atoms with E-state index < -0.39 is 12.1 Å². The predicted molar refractivity (Wildman–Crippen MR) is 114 cm³/mol. The second-order valence-corrected chi connectivity index (χ2v) is 8.00. The zero-order valence-corrected chi connectivity index (χ0v) is 17.2. The molecule has 0 radical (unpaired) electrons. The van der Waals surface area contributed by atoms with E-state index in [4.69, 9.17) is 4.74 Å². The normalized spacial score (nSPS) is 16.7. The maximum Gasteiger partial charge on any atom is 0.268 e. The molecular weight excluding hydrogens is 386 g/mol. The number of para-hydroxylation sites is 1. The highest BCUT2D eigenvalue weighted by molar-refractivity contribution is 7.09. The molecule has 0 aliphatic carbocycles. The number of benzene rings is 2. The molecular formula is C22H21N3O3S. The Morgan fingerprint density at radius 2 is 2.00 bits per heavy atom. The van der Waals surface area contributed by atoms with E-state index in [9.17, 15) is 9.59 Å². The van der Waals surface area contributed by atoms with Crippen molar-refractivity contribution in [2.45, 2.75) is 32.9 Å². The standard InChI is InChI=1S/C22H21N3O3S/c1-13(21(26)24-17-7-5-4-6-8-17)25-19-11-16(18-12-29-15(3)23-18)9-10-20(19)28-14(2)22(25)27/h4-14H,1-3H3,(H,24,26). The lowest BCUT2D eigenvalue weighted by atomic mass is 10.1. The van der Waals surface area contributed by atoms with Crippen LogP contribution in [0.1, 0.15) is 18.9 Å². The molecule has 2 amide bonds. The van der Waals surface area contributed by atoms with Crippen LogP contribution in [0.2, 0.25) is 0 Å². The van der Waals surface area contributed by atoms with E-state index >= 15 is 0 Å². The number of hydrogen-bond acceptors (Lipinski definition) is 5. The average molecular weight is 407 g/mol. The summed E-state index contributed by atoms with van der Waals surface area (Å²) in [5.74, 6) is 0.0616. The smallest absolute Gasteiger partial charge is 0.268 e. The molecule has 3 aromatic rings. The van der Waals surface area contributed by atoms with Crippen LogP contribution < -0.4 is 15.0 Å². The molecule has 1 aromatic heterocycles. The summed E-state index contributed by atoms with van der Waals surface area (Å²) < 4.78 is 5.78. The number of carbonyl (C=O) groups excluding carboxylic acids is 2. The Hall–Kier alpha value is -3.19. The monoisotopic (exact) mass is 407 g/mol. The predicted octanol–water partition coefficient (Wildman–Crippen LogP) is 4.26. The minimum absolute atomic E-state index is 0.250. The molecule has 2 aromatic carbocycles. The Kier molecular flexibility index (Phi) is 5.07. The van der Waals surface area contributed by atoms with Crippen LogP contribution in [0.15, 0.2) is 53.9 Å². The molecule has 29 heavy (non-hydrogen) atoms. The number of hydrogen-bond donors (Lipinski definition) is 1. The number of aryl methyl sites for hydroxylation is 1. The number of rotatable bonds is 4. The first-order chi connectivity index (χ1) is 13.9. The molecule has 0 spiro atoms. The zero-order valence-electron chi connectivity index (χ0n) is 16.4. The first-order valence-corrected chi connectivity index (χ1v) is 10.2. The lowest BCUT2D eigenvalue weighted by molar-refractivity contribution is -0.128. The number of amides is 2. The first kappa shape index (κ1) is 19.1. The van der Waals surface area contributed by atoms with Gasteiger partial charge in [-0.3, -0.25) is 14.5 Å². The molecule has 7 heteroatoms. The molecule has 148 valence electrons. The van der Waals surface area contributed by atoms with E-state index in [2.05, 4.69) is 10.3 Å². The van der Waals surface area contributed by atoms with E-state index in [1.807, 2.05) is 60.8 Å². The minimum atomic E-state index is -0.708. The quantitative estimate of drug-likeness (QED) is 0.701. The van der Waals surface area contributed by atoms with Crippen molar-refractivity contribution < 1.29 is 14.3 Å². The Morgan fingerprint density at radius 1 is 1.24 bits per heavy atom. The summed E-state index contributed by atoms with van der Waals surface area (Å²) in [6.45, 7) is 5.36. The fourth-order valence-electron chi connectivity index (χ4n) is 3.30. The van der Waals surface area contributed by atoms with Crippen molar-refractivity contribution in [1.29, 1.82) is 0 Å². The van der Waals surface area contributed by atoms with E-state index in [1.54, 1.807) is 25.2 Å². The largest absolute Gasteiger partial charge is 0.479 e. The van der Waals surface area contributed by atoms with Crippen LogP contribution in [0.25, 0.3) is 11.3 Å². The summed E-state index contributed by atoms with van der Waals surface area (Å²) in [4.78, 5) is 31.9. The van der Waals surface area contributed by atoms with Gasteiger partial charge in [-0.15, -0.1) is 11.3 Å². The third kappa shape index (κ3) is 3.73. The number of fused-ring (bicyclic) bond motifs is 1. The van der Waals surface area contributed by atoms with Gasteiger partial charge >= 0.3 is 0 Å². The molecule has 0 saturated heterocycles. The highest BCUT2D eigenvalue weighted by Gasteiger charge is 2.37. The topological polar surface area (TPSA) is 71.5 Å². The lowest BCUT2D eigenvalue weighted by Crippen LogP contribution is -2.52. The Balaban J connectivity index is 1.69. The van der Waals surface area contributed by atoms with Crippen molar-refractivity contribution in [1.82, 2.24) is 4.98 Å². The molecule has 0 saturated carbocycles. The molecule has 2 atom stereocenters. The van der Waals surface area contributed by atoms with Crippen LogP contribution in [-0.2, 0) is 9.59 Å². The van der Waals surface area contributed by atoms with Crippen LogP contribution in [0.5, 0.6) is 5.75 Å². The van der Waals surface area contributed by atoms with Gasteiger partial charge in [-0.05, 0) is 51.1 Å². The van der Waals surface area contributed by atoms with Gasteiger partial charge in [0.1, 0.15) is 11.8 Å². The number of thiazole rings is 1. The second-order valence-electron chi connectivity index (χ2n) is 6.93. The zero-order chi connectivity index (χ0) is 20.5. The van der Waals surface area contributed by atoms with Crippen LogP contribution >= 0.6 is 11.3 Å². The molecule has 1 N–H and O–H groups in total. The fourth-order valence-corrected chi connectivity index (χ4v) is 3.92. The highest BCUT2D eigenvalue weighted by atomic mass is 32.1. The molecule has 1 aliphatic heterocycles. The maximum atomic E-state index is 12.9. The van der Waals surface area contributed by atoms with Gasteiger partial charge in [0.2, 0.25) is 5.91 Å². The van der Waals surface area contributed by atoms with E-state index in [1.165, 1.54) is 4.90 Å². The number of nitrogens with one attached hydrogen (secondary N) is 1. The number of carbonyl (C=O) groups is 2. The van der Waals surface area contributed by atoms with Crippen molar-refractivity contribution in [2.24, 2.45) is 0 Å². The lowest BCUT2D eigenvalue weighted by Gasteiger charge is -2.36. The second kappa shape index (κ2) is 7.67. The molecule has 0 bridgehead atoms. The van der Waals surface area contributed by atoms with Crippen LogP contribution in [0.3, 0.4) is 0 Å². The Labute approximate surface area is 173 Å². The van der Waals surface area contributed by atoms with Gasteiger partial charge in [-0.1, -0.05) is 18.2 Å². The van der Waals surface area contributed by atoms with Crippen LogP contribution in [0.4, 0.5) is 11.4 Å². The number of nitrogens with zero attached hydrogens (tertiary/aromatic N) is 2. The van der Waals surface area contributed by atoms with E-state index in [0.29, 0.717) is 17.1 Å². The number of anilines is 2. The summed E-state index contributed by atoms with van der Waals surface area (Å²) in [5, 5.41) is 5.81. The van der Waals surface area contributed by atoms with Gasteiger partial charge in [-0.2, -0.15) is 0 Å². The van der Waals surface area contributed by atoms with Gasteiger partial charge < -0.3 is 10.1 Å². The number of aromatic nitrogens is 1. The van der Waals surface area contributed by atoms with Crippen LogP contribution in [0, 0.1) is 6.92 Å². The summed E-state index contributed by atoms with van der Waals surface area (Å²) in [6, 6.07) is 14.1. The molecule has 2 unspecified atom stereocenters. The van der Waals surface area contributed by atoms with E-state index in [0.717, 1.165) is 16.3 Å². The third-order valence-corrected chi connectivity index (χ3v) is 5.60. The first-order valence-electron chi connectivity index (χ1n) is 9.36. The molecule has 1 aliphatic rings. The summed E-state index contributed by atoms with van der Waals surface area (Å²) in [7, 11) is 0. The van der Waals surface area contributed by atoms with Crippen molar-refractivity contribution in [3.8, 4) is 17.0 Å². The SMILES string of the molecule is Cc1nc(-c2ccc3c(c2)N(C(C)C(=O)Nc2ccccc2)C(=O)C(C)O3)cs1. The van der Waals surface area contributed by atoms with Crippen molar-refractivity contribution in [3.05, 3.63) is 58.9 Å². The van der Waals surface area contributed by atoms with E-state index in [-0.39, 0.29) is 11.8 Å². The summed E-state index contributed by atoms with van der Waals surface area (Å²) in [6.07, 6.45) is -0.665. The van der Waals surface area contributed by atoms with Crippen LogP contribution in [-0.4, -0.2) is 28.9 Å². The van der Waals surface area contributed by atoms with Gasteiger partial charge in [-0.25, -0.2) is 4.98 Å². The highest BCUT2D eigenvalue weighted by Crippen LogP contribution is 2.39.